The van der Waals surface area contributed by atoms with Crippen molar-refractivity contribution in [3.63, 3.8) is 0 Å². The fourth-order valence-electron chi connectivity index (χ4n) is 3.35. The van der Waals surface area contributed by atoms with Crippen molar-refractivity contribution in [2.24, 2.45) is 0 Å². The van der Waals surface area contributed by atoms with Crippen LogP contribution in [0.15, 0.2) is 42.6 Å². The molecule has 0 aliphatic carbocycles. The van der Waals surface area contributed by atoms with Crippen molar-refractivity contribution in [2.75, 3.05) is 38.1 Å². The van der Waals surface area contributed by atoms with Gasteiger partial charge in [-0.1, -0.05) is 18.6 Å². The minimum Gasteiger partial charge on any atom is -0.494 e. The van der Waals surface area contributed by atoms with Crippen molar-refractivity contribution in [1.29, 1.82) is 0 Å². The van der Waals surface area contributed by atoms with Gasteiger partial charge in [0, 0.05) is 19.2 Å². The summed E-state index contributed by atoms with van der Waals surface area (Å²) in [6, 6.07) is 11.3. The van der Waals surface area contributed by atoms with Crippen LogP contribution in [-0.2, 0) is 25.6 Å². The molecule has 218 valence electrons. The number of rotatable bonds is 10. The lowest BCUT2D eigenvalue weighted by molar-refractivity contribution is -0.385. The number of anilines is 1. The molecule has 0 bridgehead atoms. The van der Waals surface area contributed by atoms with Gasteiger partial charge in [0.25, 0.3) is 5.69 Å². The van der Waals surface area contributed by atoms with Crippen LogP contribution in [0.4, 0.5) is 11.5 Å². The number of benzene rings is 1. The number of ether oxygens (including phenoxy) is 1. The summed E-state index contributed by atoms with van der Waals surface area (Å²) < 4.78 is 5.85. The predicted octanol–water partition coefficient (Wildman–Crippen LogP) is 2.21. The Morgan fingerprint density at radius 1 is 0.900 bits per heavy atom. The van der Waals surface area contributed by atoms with Gasteiger partial charge in [-0.2, -0.15) is 0 Å². The molecule has 0 radical (unpaired) electrons. The molecule has 1 fully saturated rings. The summed E-state index contributed by atoms with van der Waals surface area (Å²) in [6.45, 7) is 5.06. The monoisotopic (exact) mass is 564 g/mol. The van der Waals surface area contributed by atoms with Crippen molar-refractivity contribution >= 4 is 35.4 Å². The normalized spacial score (nSPS) is 12.4. The van der Waals surface area contributed by atoms with Crippen LogP contribution in [-0.4, -0.2) is 91.9 Å². The fraction of sp³-hybridized carbons (Fsp3) is 0.400. The van der Waals surface area contributed by atoms with E-state index in [2.05, 4.69) is 27.3 Å². The molecule has 1 aromatic carbocycles. The first-order valence-electron chi connectivity index (χ1n) is 12.2. The van der Waals surface area contributed by atoms with E-state index in [9.17, 15) is 10.1 Å². The number of aromatic nitrogens is 1. The number of nitrogens with one attached hydrogen (secondary N) is 1. The standard InChI is InChI=1S/C21H28N4O3.2C2H2O4/c26-25(27)19-7-10-21(23-17-19)22-12-11-18-5-8-20(9-6-18)28-16-4-15-24-13-2-1-3-14-24;2*3-1(4)2(5)6/h5-10,17H,1-4,11-16H2,(H,22,23);2*(H,3,4)(H,5,6). The number of carbonyl (C=O) groups is 4. The summed E-state index contributed by atoms with van der Waals surface area (Å²) in [4.78, 5) is 53.1. The number of pyridine rings is 1. The Bertz CT molecular complexity index is 1050. The van der Waals surface area contributed by atoms with E-state index in [-0.39, 0.29) is 5.69 Å². The van der Waals surface area contributed by atoms with Crippen LogP contribution >= 0.6 is 0 Å². The first-order chi connectivity index (χ1) is 19.0. The second-order valence-electron chi connectivity index (χ2n) is 8.30. The quantitative estimate of drug-likeness (QED) is 0.121. The van der Waals surface area contributed by atoms with Gasteiger partial charge in [-0.15, -0.1) is 0 Å². The molecule has 0 unspecified atom stereocenters. The number of hydrogen-bond donors (Lipinski definition) is 5. The van der Waals surface area contributed by atoms with E-state index in [4.69, 9.17) is 44.3 Å². The maximum absolute atomic E-state index is 10.6. The lowest BCUT2D eigenvalue weighted by Gasteiger charge is -2.26. The van der Waals surface area contributed by atoms with E-state index >= 15 is 0 Å². The molecule has 1 saturated heterocycles. The molecule has 1 aliphatic heterocycles. The van der Waals surface area contributed by atoms with Crippen molar-refractivity contribution in [3.8, 4) is 5.75 Å². The largest absolute Gasteiger partial charge is 0.494 e. The van der Waals surface area contributed by atoms with Crippen molar-refractivity contribution in [1.82, 2.24) is 9.88 Å². The van der Waals surface area contributed by atoms with Gasteiger partial charge in [-0.05, 0) is 62.5 Å². The van der Waals surface area contributed by atoms with Gasteiger partial charge in [0.2, 0.25) is 0 Å². The predicted molar refractivity (Wildman–Crippen MR) is 140 cm³/mol. The first-order valence-corrected chi connectivity index (χ1v) is 12.2. The maximum Gasteiger partial charge on any atom is 0.414 e. The van der Waals surface area contributed by atoms with E-state index < -0.39 is 28.8 Å². The van der Waals surface area contributed by atoms with Gasteiger partial charge in [0.05, 0.1) is 11.5 Å². The topological polar surface area (TPSA) is 230 Å². The van der Waals surface area contributed by atoms with Crippen LogP contribution in [0.1, 0.15) is 31.2 Å². The number of likely N-dealkylation sites (tertiary alicyclic amines) is 1. The zero-order valence-corrected chi connectivity index (χ0v) is 21.6. The van der Waals surface area contributed by atoms with E-state index in [1.807, 2.05) is 12.1 Å². The summed E-state index contributed by atoms with van der Waals surface area (Å²) in [5, 5.41) is 43.4. The smallest absolute Gasteiger partial charge is 0.414 e. The molecule has 40 heavy (non-hydrogen) atoms. The third-order valence-electron chi connectivity index (χ3n) is 5.30. The Kier molecular flexibility index (Phi) is 15.3. The summed E-state index contributed by atoms with van der Waals surface area (Å²) in [5.74, 6) is -5.75. The molecular formula is C25H32N4O11. The fourth-order valence-corrected chi connectivity index (χ4v) is 3.35. The summed E-state index contributed by atoms with van der Waals surface area (Å²) >= 11 is 0. The highest BCUT2D eigenvalue weighted by Gasteiger charge is 2.09. The molecule has 2 heterocycles. The summed E-state index contributed by atoms with van der Waals surface area (Å²) in [5.41, 5.74) is 1.20. The number of carboxylic acids is 4. The molecule has 0 atom stereocenters. The molecule has 0 amide bonds. The Hall–Kier alpha value is -4.79. The van der Waals surface area contributed by atoms with Crippen LogP contribution in [0.3, 0.4) is 0 Å². The lowest BCUT2D eigenvalue weighted by Crippen LogP contribution is -2.31. The second kappa shape index (κ2) is 18.5. The Morgan fingerprint density at radius 3 is 1.95 bits per heavy atom. The van der Waals surface area contributed by atoms with Gasteiger partial charge in [0.1, 0.15) is 17.8 Å². The third-order valence-corrected chi connectivity index (χ3v) is 5.30. The Balaban J connectivity index is 0.000000559. The molecule has 5 N–H and O–H groups in total. The lowest BCUT2D eigenvalue weighted by atomic mass is 10.1. The van der Waals surface area contributed by atoms with Gasteiger partial charge >= 0.3 is 23.9 Å². The average molecular weight is 565 g/mol. The first kappa shape index (κ1) is 33.2. The van der Waals surface area contributed by atoms with Crippen LogP contribution in [0.25, 0.3) is 0 Å². The second-order valence-corrected chi connectivity index (χ2v) is 8.30. The van der Waals surface area contributed by atoms with E-state index in [1.54, 1.807) is 6.07 Å². The summed E-state index contributed by atoms with van der Waals surface area (Å²) in [6.07, 6.45) is 7.20. The van der Waals surface area contributed by atoms with E-state index in [1.165, 1.54) is 50.2 Å². The van der Waals surface area contributed by atoms with Crippen molar-refractivity contribution < 1.29 is 49.3 Å². The van der Waals surface area contributed by atoms with Gasteiger partial charge in [-0.25, -0.2) is 24.2 Å². The molecular weight excluding hydrogens is 532 g/mol. The van der Waals surface area contributed by atoms with Crippen LogP contribution < -0.4 is 10.1 Å². The highest BCUT2D eigenvalue weighted by Crippen LogP contribution is 2.15. The van der Waals surface area contributed by atoms with Gasteiger partial charge in [-0.3, -0.25) is 10.1 Å². The van der Waals surface area contributed by atoms with Crippen LogP contribution in [0, 0.1) is 10.1 Å². The number of carboxylic acid groups (broad SMARTS) is 4. The molecule has 15 nitrogen and oxygen atoms in total. The van der Waals surface area contributed by atoms with Crippen molar-refractivity contribution in [2.45, 2.75) is 32.1 Å². The summed E-state index contributed by atoms with van der Waals surface area (Å²) in [7, 11) is 0. The number of aliphatic carboxylic acids is 4. The van der Waals surface area contributed by atoms with Crippen LogP contribution in [0.5, 0.6) is 5.75 Å². The molecule has 0 saturated carbocycles. The van der Waals surface area contributed by atoms with E-state index in [0.717, 1.165) is 31.7 Å². The minimum absolute atomic E-state index is 0.00272. The zero-order valence-electron chi connectivity index (χ0n) is 21.6. The SMILES string of the molecule is O=C(O)C(=O)O.O=C(O)C(=O)O.O=[N+]([O-])c1ccc(NCCc2ccc(OCCCN3CCCCC3)cc2)nc1. The Labute approximate surface area is 229 Å². The van der Waals surface area contributed by atoms with Gasteiger partial charge in [0.15, 0.2) is 0 Å². The number of hydrogen-bond acceptors (Lipinski definition) is 10. The zero-order chi connectivity index (χ0) is 29.9. The highest BCUT2D eigenvalue weighted by molar-refractivity contribution is 6.27. The third kappa shape index (κ3) is 14.8. The van der Waals surface area contributed by atoms with Crippen LogP contribution in [0.2, 0.25) is 0 Å². The molecule has 0 spiro atoms. The number of nitrogens with zero attached hydrogens (tertiary/aromatic N) is 3. The molecule has 3 rings (SSSR count). The van der Waals surface area contributed by atoms with Crippen molar-refractivity contribution in [3.05, 3.63) is 58.3 Å². The van der Waals surface area contributed by atoms with E-state index in [0.29, 0.717) is 12.4 Å². The molecule has 1 aromatic heterocycles. The molecule has 2 aromatic rings. The number of piperidine rings is 1. The molecule has 1 aliphatic rings. The maximum atomic E-state index is 10.6. The number of nitro groups is 1. The molecule has 15 heteroatoms. The van der Waals surface area contributed by atoms with Gasteiger partial charge < -0.3 is 35.4 Å². The highest BCUT2D eigenvalue weighted by atomic mass is 16.6. The Morgan fingerprint density at radius 2 is 1.48 bits per heavy atom. The minimum atomic E-state index is -1.82. The average Bonchev–Trinajstić information content (AvgIpc) is 2.93.